The summed E-state index contributed by atoms with van der Waals surface area (Å²) < 4.78 is 23.9. The van der Waals surface area contributed by atoms with Crippen molar-refractivity contribution in [2.24, 2.45) is 0 Å². The van der Waals surface area contributed by atoms with E-state index >= 15 is 0 Å². The molecule has 2 aromatic rings. The van der Waals surface area contributed by atoms with Crippen molar-refractivity contribution in [1.82, 2.24) is 9.78 Å². The molecule has 1 N–H and O–H groups in total. The lowest BCUT2D eigenvalue weighted by atomic mass is 10.1. The van der Waals surface area contributed by atoms with Crippen LogP contribution >= 0.6 is 0 Å². The predicted molar refractivity (Wildman–Crippen MR) is 85.4 cm³/mol. The standard InChI is InChI=1S/C15H19N3O3S/c1-12(13-6-4-3-5-7-13)18-14(8-10-16-18)17-15(19)9-11-22(2,20)21/h3-8,10,12H,9,11H2,1-2H3,(H,17,19). The Morgan fingerprint density at radius 1 is 1.27 bits per heavy atom. The molecular weight excluding hydrogens is 302 g/mol. The molecule has 0 radical (unpaired) electrons. The van der Waals surface area contributed by atoms with Crippen LogP contribution in [0, 0.1) is 0 Å². The highest BCUT2D eigenvalue weighted by atomic mass is 32.2. The van der Waals surface area contributed by atoms with E-state index in [0.29, 0.717) is 5.82 Å². The van der Waals surface area contributed by atoms with E-state index in [4.69, 9.17) is 0 Å². The summed E-state index contributed by atoms with van der Waals surface area (Å²) in [7, 11) is -3.15. The lowest BCUT2D eigenvalue weighted by Crippen LogP contribution is -2.20. The molecule has 0 saturated carbocycles. The molecule has 6 nitrogen and oxygen atoms in total. The van der Waals surface area contributed by atoms with Crippen molar-refractivity contribution < 1.29 is 13.2 Å². The summed E-state index contributed by atoms with van der Waals surface area (Å²) in [6.45, 7) is 1.98. The molecule has 1 atom stereocenters. The van der Waals surface area contributed by atoms with Crippen LogP contribution < -0.4 is 5.32 Å². The summed E-state index contributed by atoms with van der Waals surface area (Å²) in [6.07, 6.45) is 2.65. The highest BCUT2D eigenvalue weighted by Crippen LogP contribution is 2.21. The van der Waals surface area contributed by atoms with Gasteiger partial charge < -0.3 is 5.32 Å². The summed E-state index contributed by atoms with van der Waals surface area (Å²) in [5.41, 5.74) is 1.07. The van der Waals surface area contributed by atoms with Gasteiger partial charge in [-0.15, -0.1) is 0 Å². The molecule has 0 fully saturated rings. The lowest BCUT2D eigenvalue weighted by molar-refractivity contribution is -0.115. The highest BCUT2D eigenvalue weighted by molar-refractivity contribution is 7.90. The lowest BCUT2D eigenvalue weighted by Gasteiger charge is -2.16. The zero-order valence-electron chi connectivity index (χ0n) is 12.6. The van der Waals surface area contributed by atoms with Gasteiger partial charge in [-0.1, -0.05) is 30.3 Å². The van der Waals surface area contributed by atoms with Crippen LogP contribution in [0.25, 0.3) is 0 Å². The number of hydrogen-bond acceptors (Lipinski definition) is 4. The first-order valence-corrected chi connectivity index (χ1v) is 8.99. The molecule has 1 unspecified atom stereocenters. The topological polar surface area (TPSA) is 81.1 Å². The third-order valence-electron chi connectivity index (χ3n) is 3.29. The smallest absolute Gasteiger partial charge is 0.226 e. The number of hydrogen-bond donors (Lipinski definition) is 1. The number of benzene rings is 1. The van der Waals surface area contributed by atoms with Gasteiger partial charge in [0.2, 0.25) is 5.91 Å². The minimum absolute atomic E-state index is 0.0404. The van der Waals surface area contributed by atoms with Crippen molar-refractivity contribution >= 4 is 21.6 Å². The first-order valence-electron chi connectivity index (χ1n) is 6.93. The van der Waals surface area contributed by atoms with Crippen molar-refractivity contribution in [3.05, 3.63) is 48.2 Å². The van der Waals surface area contributed by atoms with E-state index < -0.39 is 9.84 Å². The van der Waals surface area contributed by atoms with Gasteiger partial charge in [0.05, 0.1) is 18.0 Å². The molecule has 0 bridgehead atoms. The second-order valence-electron chi connectivity index (χ2n) is 5.18. The van der Waals surface area contributed by atoms with Gasteiger partial charge in [-0.25, -0.2) is 13.1 Å². The molecule has 1 aromatic carbocycles. The summed E-state index contributed by atoms with van der Waals surface area (Å²) in [5.74, 6) is 0.0450. The Balaban J connectivity index is 2.08. The molecule has 7 heteroatoms. The monoisotopic (exact) mass is 321 g/mol. The zero-order valence-corrected chi connectivity index (χ0v) is 13.4. The second-order valence-corrected chi connectivity index (χ2v) is 7.44. The molecule has 1 amide bonds. The molecule has 118 valence electrons. The van der Waals surface area contributed by atoms with Crippen LogP contribution in [-0.4, -0.2) is 36.1 Å². The number of nitrogens with zero attached hydrogens (tertiary/aromatic N) is 2. The normalized spacial score (nSPS) is 12.8. The van der Waals surface area contributed by atoms with E-state index in [1.165, 1.54) is 0 Å². The molecule has 0 spiro atoms. The number of carbonyl (C=O) groups excluding carboxylic acids is 1. The molecule has 2 rings (SSSR count). The van der Waals surface area contributed by atoms with Crippen LogP contribution in [0.3, 0.4) is 0 Å². The number of amides is 1. The Bertz CT molecular complexity index is 738. The summed E-state index contributed by atoms with van der Waals surface area (Å²) in [4.78, 5) is 11.9. The summed E-state index contributed by atoms with van der Waals surface area (Å²) >= 11 is 0. The molecule has 1 heterocycles. The van der Waals surface area contributed by atoms with E-state index in [1.807, 2.05) is 37.3 Å². The van der Waals surface area contributed by atoms with Gasteiger partial charge in [0.15, 0.2) is 0 Å². The zero-order chi connectivity index (χ0) is 16.2. The second kappa shape index (κ2) is 6.74. The highest BCUT2D eigenvalue weighted by Gasteiger charge is 2.15. The van der Waals surface area contributed by atoms with E-state index in [-0.39, 0.29) is 24.1 Å². The fraction of sp³-hybridized carbons (Fsp3) is 0.333. The fourth-order valence-corrected chi connectivity index (χ4v) is 2.63. The number of anilines is 1. The molecule has 1 aromatic heterocycles. The number of nitrogens with one attached hydrogen (secondary N) is 1. The molecular formula is C15H19N3O3S. The van der Waals surface area contributed by atoms with Crippen LogP contribution in [0.5, 0.6) is 0 Å². The molecule has 0 aliphatic carbocycles. The minimum atomic E-state index is -3.15. The molecule has 22 heavy (non-hydrogen) atoms. The Hall–Kier alpha value is -2.15. The molecule has 0 saturated heterocycles. The van der Waals surface area contributed by atoms with Gasteiger partial charge in [0.1, 0.15) is 15.7 Å². The van der Waals surface area contributed by atoms with E-state index in [0.717, 1.165) is 11.8 Å². The average Bonchev–Trinajstić information content (AvgIpc) is 2.92. The van der Waals surface area contributed by atoms with E-state index in [2.05, 4.69) is 10.4 Å². The first kappa shape index (κ1) is 16.2. The van der Waals surface area contributed by atoms with Crippen LogP contribution in [0.4, 0.5) is 5.82 Å². The van der Waals surface area contributed by atoms with Crippen molar-refractivity contribution in [2.75, 3.05) is 17.3 Å². The van der Waals surface area contributed by atoms with Crippen LogP contribution in [0.15, 0.2) is 42.6 Å². The fourth-order valence-electron chi connectivity index (χ4n) is 2.08. The van der Waals surface area contributed by atoms with Crippen molar-refractivity contribution in [1.29, 1.82) is 0 Å². The third kappa shape index (κ3) is 4.42. The van der Waals surface area contributed by atoms with Gasteiger partial charge in [-0.05, 0) is 12.5 Å². The van der Waals surface area contributed by atoms with Crippen LogP contribution in [0.1, 0.15) is 24.9 Å². The van der Waals surface area contributed by atoms with Crippen LogP contribution in [0.2, 0.25) is 0 Å². The van der Waals surface area contributed by atoms with Gasteiger partial charge in [-0.3, -0.25) is 4.79 Å². The largest absolute Gasteiger partial charge is 0.311 e. The van der Waals surface area contributed by atoms with Gasteiger partial charge in [0.25, 0.3) is 0 Å². The first-order chi connectivity index (χ1) is 10.4. The predicted octanol–water partition coefficient (Wildman–Crippen LogP) is 1.87. The van der Waals surface area contributed by atoms with E-state index in [9.17, 15) is 13.2 Å². The Morgan fingerprint density at radius 2 is 1.95 bits per heavy atom. The van der Waals surface area contributed by atoms with Gasteiger partial charge in [-0.2, -0.15) is 5.10 Å². The van der Waals surface area contributed by atoms with Crippen molar-refractivity contribution in [2.45, 2.75) is 19.4 Å². The molecule has 0 aliphatic rings. The van der Waals surface area contributed by atoms with Gasteiger partial charge >= 0.3 is 0 Å². The number of rotatable bonds is 6. The Labute approximate surface area is 130 Å². The molecule has 0 aliphatic heterocycles. The Kier molecular flexibility index (Phi) is 4.97. The maximum atomic E-state index is 11.9. The third-order valence-corrected chi connectivity index (χ3v) is 4.23. The number of aromatic nitrogens is 2. The SMILES string of the molecule is CC(c1ccccc1)n1nccc1NC(=O)CCS(C)(=O)=O. The van der Waals surface area contributed by atoms with E-state index in [1.54, 1.807) is 16.9 Å². The summed E-state index contributed by atoms with van der Waals surface area (Å²) in [5, 5.41) is 6.95. The van der Waals surface area contributed by atoms with Crippen molar-refractivity contribution in [3.63, 3.8) is 0 Å². The van der Waals surface area contributed by atoms with Crippen LogP contribution in [-0.2, 0) is 14.6 Å². The van der Waals surface area contributed by atoms with Gasteiger partial charge in [0, 0.05) is 18.7 Å². The number of sulfone groups is 1. The summed E-state index contributed by atoms with van der Waals surface area (Å²) in [6, 6.07) is 11.5. The maximum absolute atomic E-state index is 11.9. The average molecular weight is 321 g/mol. The Morgan fingerprint density at radius 3 is 2.59 bits per heavy atom. The maximum Gasteiger partial charge on any atom is 0.226 e. The minimum Gasteiger partial charge on any atom is -0.311 e. The quantitative estimate of drug-likeness (QED) is 0.880. The van der Waals surface area contributed by atoms with Crippen molar-refractivity contribution in [3.8, 4) is 0 Å². The number of carbonyl (C=O) groups is 1.